The second-order valence-corrected chi connectivity index (χ2v) is 6.68. The van der Waals surface area contributed by atoms with Crippen LogP contribution in [0.2, 0.25) is 0 Å². The van der Waals surface area contributed by atoms with Crippen LogP contribution in [0.4, 0.5) is 5.69 Å². The first-order valence-corrected chi connectivity index (χ1v) is 8.57. The Morgan fingerprint density at radius 2 is 2.50 bits per heavy atom. The number of anilines is 1. The first-order valence-electron chi connectivity index (χ1n) is 6.59. The zero-order valence-corrected chi connectivity index (χ0v) is 12.6. The molecule has 1 atom stereocenters. The summed E-state index contributed by atoms with van der Waals surface area (Å²) >= 11 is 0.584. The summed E-state index contributed by atoms with van der Waals surface area (Å²) in [5, 5.41) is 3.65. The predicted molar refractivity (Wildman–Crippen MR) is 78.0 cm³/mol. The van der Waals surface area contributed by atoms with Crippen molar-refractivity contribution in [1.82, 2.24) is 10.3 Å². The van der Waals surface area contributed by atoms with Crippen LogP contribution in [0.25, 0.3) is 0 Å². The number of nitrogens with one attached hydrogen (secondary N) is 1. The minimum absolute atomic E-state index is 0.584. The van der Waals surface area contributed by atoms with Crippen LogP contribution < -0.4 is 10.2 Å². The number of hydrogen-bond acceptors (Lipinski definition) is 3. The third-order valence-corrected chi connectivity index (χ3v) is 5.27. The van der Waals surface area contributed by atoms with Crippen LogP contribution in [0.5, 0.6) is 0 Å². The Hall–Kier alpha value is -0.831. The van der Waals surface area contributed by atoms with E-state index in [1.165, 1.54) is 12.1 Å². The molecule has 0 spiro atoms. The van der Waals surface area contributed by atoms with Crippen molar-refractivity contribution in [1.29, 1.82) is 0 Å². The molecule has 0 aliphatic carbocycles. The molecule has 1 aliphatic rings. The van der Waals surface area contributed by atoms with Gasteiger partial charge < -0.3 is 0 Å². The number of allylic oxidation sites excluding steroid dienone is 1. The van der Waals surface area contributed by atoms with E-state index >= 15 is 0 Å². The van der Waals surface area contributed by atoms with Gasteiger partial charge in [-0.2, -0.15) is 0 Å². The van der Waals surface area contributed by atoms with Crippen molar-refractivity contribution in [2.24, 2.45) is 0 Å². The summed E-state index contributed by atoms with van der Waals surface area (Å²) in [5.41, 5.74) is 1.25. The Bertz CT molecular complexity index is 367. The molecule has 1 N–H and O–H groups in total. The van der Waals surface area contributed by atoms with E-state index < -0.39 is 0 Å². The molecule has 1 aromatic rings. The van der Waals surface area contributed by atoms with Crippen molar-refractivity contribution in [2.75, 3.05) is 24.5 Å². The first-order chi connectivity index (χ1) is 8.90. The molecule has 1 unspecified atom stereocenters. The molecule has 0 aromatic carbocycles. The second kappa shape index (κ2) is 7.57. The molecule has 1 aromatic heterocycles. The van der Waals surface area contributed by atoms with Gasteiger partial charge in [-0.1, -0.05) is 0 Å². The predicted octanol–water partition coefficient (Wildman–Crippen LogP) is 1.84. The maximum atomic E-state index is 4.20. The zero-order chi connectivity index (χ0) is 12.6. The summed E-state index contributed by atoms with van der Waals surface area (Å²) in [6.07, 6.45) is 8.45. The molecule has 0 saturated carbocycles. The molecule has 2 heterocycles. The van der Waals surface area contributed by atoms with Gasteiger partial charge in [0.1, 0.15) is 0 Å². The Labute approximate surface area is 116 Å². The molecule has 18 heavy (non-hydrogen) atoms. The monoisotopic (exact) mass is 311 g/mol. The van der Waals surface area contributed by atoms with Crippen molar-refractivity contribution in [3.63, 3.8) is 0 Å². The van der Waals surface area contributed by atoms with Gasteiger partial charge in [-0.15, -0.1) is 0 Å². The van der Waals surface area contributed by atoms with Gasteiger partial charge in [-0.05, 0) is 0 Å². The van der Waals surface area contributed by atoms with Crippen LogP contribution in [-0.2, 0) is 0 Å². The fraction of sp³-hybridized carbons (Fsp3) is 0.500. The summed E-state index contributed by atoms with van der Waals surface area (Å²) in [7, 11) is 0. The quantitative estimate of drug-likeness (QED) is 0.860. The molecule has 0 radical (unpaired) electrons. The summed E-state index contributed by atoms with van der Waals surface area (Å²) in [4.78, 5) is 9.68. The van der Waals surface area contributed by atoms with Gasteiger partial charge in [-0.25, -0.2) is 0 Å². The first kappa shape index (κ1) is 13.6. The molecule has 1 fully saturated rings. The molecule has 0 bridgehead atoms. The number of pyridine rings is 1. The van der Waals surface area contributed by atoms with Gasteiger partial charge in [0.15, 0.2) is 0 Å². The van der Waals surface area contributed by atoms with Gasteiger partial charge in [0, 0.05) is 0 Å². The third kappa shape index (κ3) is 4.13. The zero-order valence-electron chi connectivity index (χ0n) is 10.9. The van der Waals surface area contributed by atoms with Crippen molar-refractivity contribution < 1.29 is 0 Å². The van der Waals surface area contributed by atoms with E-state index in [1.807, 2.05) is 18.5 Å². The molecule has 2 rings (SSSR count). The summed E-state index contributed by atoms with van der Waals surface area (Å²) in [6.45, 7) is 5.47. The number of hydrogen-bond donors (Lipinski definition) is 1. The van der Waals surface area contributed by atoms with E-state index in [0.29, 0.717) is 19.9 Å². The average molecular weight is 310 g/mol. The number of aromatic nitrogens is 1. The molecule has 0 amide bonds. The van der Waals surface area contributed by atoms with Gasteiger partial charge >= 0.3 is 116 Å². The van der Waals surface area contributed by atoms with Gasteiger partial charge in [-0.3, -0.25) is 0 Å². The average Bonchev–Trinajstić information content (AvgIpc) is 2.66. The van der Waals surface area contributed by atoms with Crippen molar-refractivity contribution in [2.45, 2.75) is 24.7 Å². The van der Waals surface area contributed by atoms with E-state index in [1.54, 1.807) is 0 Å². The standard InChI is InChI=1S/C14H21N3Se/c1-2-3-11-18-14-6-9-17(10-8-16-14)13-5-4-7-15-12-13/h3-5,7,11-12,14,16H,2,6,8-10H2,1H3. The van der Waals surface area contributed by atoms with Crippen LogP contribution in [-0.4, -0.2) is 44.5 Å². The SMILES string of the molecule is CCC=C[Se]C1CCN(c2cccnc2)CCN1. The van der Waals surface area contributed by atoms with Gasteiger partial charge in [0.05, 0.1) is 0 Å². The number of nitrogens with zero attached hydrogens (tertiary/aromatic N) is 2. The van der Waals surface area contributed by atoms with Gasteiger partial charge in [0.25, 0.3) is 0 Å². The van der Waals surface area contributed by atoms with E-state index in [4.69, 9.17) is 0 Å². The van der Waals surface area contributed by atoms with E-state index in [0.717, 1.165) is 26.1 Å². The second-order valence-electron chi connectivity index (χ2n) is 4.35. The molecule has 1 aliphatic heterocycles. The third-order valence-electron chi connectivity index (χ3n) is 3.00. The molecule has 98 valence electrons. The Morgan fingerprint density at radius 1 is 1.56 bits per heavy atom. The van der Waals surface area contributed by atoms with Crippen LogP contribution in [0.1, 0.15) is 19.8 Å². The summed E-state index contributed by atoms with van der Waals surface area (Å²) < 4.78 is 0. The van der Waals surface area contributed by atoms with Crippen molar-refractivity contribution >= 4 is 20.6 Å². The van der Waals surface area contributed by atoms with E-state index in [9.17, 15) is 0 Å². The van der Waals surface area contributed by atoms with Crippen LogP contribution in [0.3, 0.4) is 0 Å². The van der Waals surface area contributed by atoms with Crippen LogP contribution in [0, 0.1) is 0 Å². The topological polar surface area (TPSA) is 28.2 Å². The Kier molecular flexibility index (Phi) is 5.72. The van der Waals surface area contributed by atoms with Crippen LogP contribution in [0.15, 0.2) is 35.6 Å². The van der Waals surface area contributed by atoms with Crippen molar-refractivity contribution in [3.8, 4) is 0 Å². The summed E-state index contributed by atoms with van der Waals surface area (Å²) in [6, 6.07) is 4.16. The Morgan fingerprint density at radius 3 is 3.28 bits per heavy atom. The van der Waals surface area contributed by atoms with E-state index in [-0.39, 0.29) is 0 Å². The normalized spacial score (nSPS) is 21.2. The number of rotatable bonds is 4. The fourth-order valence-corrected chi connectivity index (χ4v) is 4.00. The molecular formula is C14H21N3Se. The van der Waals surface area contributed by atoms with E-state index in [2.05, 4.69) is 39.2 Å². The Balaban J connectivity index is 1.87. The maximum absolute atomic E-state index is 4.20. The molecular weight excluding hydrogens is 289 g/mol. The molecule has 3 nitrogen and oxygen atoms in total. The minimum atomic E-state index is 0.584. The van der Waals surface area contributed by atoms with Crippen molar-refractivity contribution in [3.05, 3.63) is 35.6 Å². The van der Waals surface area contributed by atoms with Crippen LogP contribution >= 0.6 is 0 Å². The fourth-order valence-electron chi connectivity index (χ4n) is 2.01. The molecule has 4 heteroatoms. The molecule has 1 saturated heterocycles. The van der Waals surface area contributed by atoms with Gasteiger partial charge in [0.2, 0.25) is 0 Å². The summed E-state index contributed by atoms with van der Waals surface area (Å²) in [5.74, 6) is 0.